The first kappa shape index (κ1) is 9.05. The molecule has 1 aliphatic rings. The zero-order chi connectivity index (χ0) is 5.98. The molecule has 0 aromatic rings. The van der Waals surface area contributed by atoms with Crippen LogP contribution in [0.1, 0.15) is 12.8 Å². The fraction of sp³-hybridized carbons (Fsp3) is 0.800. The fourth-order valence-electron chi connectivity index (χ4n) is 0.473. The van der Waals surface area contributed by atoms with E-state index in [4.69, 9.17) is 17.3 Å². The second-order valence-corrected chi connectivity index (χ2v) is 2.25. The van der Waals surface area contributed by atoms with Crippen molar-refractivity contribution in [1.82, 2.24) is 0 Å². The summed E-state index contributed by atoms with van der Waals surface area (Å²) in [6.45, 7) is 0. The van der Waals surface area contributed by atoms with Gasteiger partial charge in [-0.05, 0) is 12.8 Å². The van der Waals surface area contributed by atoms with Gasteiger partial charge in [-0.3, -0.25) is 4.99 Å². The van der Waals surface area contributed by atoms with Gasteiger partial charge < -0.3 is 5.73 Å². The summed E-state index contributed by atoms with van der Waals surface area (Å²) >= 11 is 5.37. The lowest BCUT2D eigenvalue weighted by Crippen LogP contribution is -2.13. The lowest BCUT2D eigenvalue weighted by Gasteiger charge is -1.89. The van der Waals surface area contributed by atoms with Gasteiger partial charge in [0, 0.05) is 0 Å². The molecule has 4 heteroatoms. The molecule has 0 aromatic carbocycles. The molecule has 1 rings (SSSR count). The minimum absolute atomic E-state index is 0. The number of hydrogen-bond donors (Lipinski definition) is 1. The van der Waals surface area contributed by atoms with E-state index in [0.717, 1.165) is 0 Å². The van der Waals surface area contributed by atoms with Crippen LogP contribution in [0.3, 0.4) is 0 Å². The molecular weight excluding hydrogens is 159 g/mol. The summed E-state index contributed by atoms with van der Waals surface area (Å²) < 4.78 is 0. The maximum absolute atomic E-state index is 5.37. The van der Waals surface area contributed by atoms with Crippen LogP contribution in [0.5, 0.6) is 0 Å². The number of alkyl halides is 1. The summed E-state index contributed by atoms with van der Waals surface area (Å²) in [6.07, 6.45) is 2.38. The molecule has 1 saturated carbocycles. The molecule has 1 aliphatic carbocycles. The van der Waals surface area contributed by atoms with Crippen molar-refractivity contribution >= 4 is 29.8 Å². The number of hydrogen-bond acceptors (Lipinski definition) is 1. The average molecular weight is 169 g/mol. The molecule has 0 saturated heterocycles. The van der Waals surface area contributed by atoms with Crippen LogP contribution < -0.4 is 5.73 Å². The highest BCUT2D eigenvalue weighted by molar-refractivity contribution is 6.28. The zero-order valence-corrected chi connectivity index (χ0v) is 6.58. The predicted molar refractivity (Wildman–Crippen MR) is 42.6 cm³/mol. The van der Waals surface area contributed by atoms with Gasteiger partial charge in [0.1, 0.15) is 5.84 Å². The van der Waals surface area contributed by atoms with E-state index in [0.29, 0.717) is 17.8 Å². The molecule has 0 amide bonds. The van der Waals surface area contributed by atoms with E-state index in [2.05, 4.69) is 4.99 Å². The van der Waals surface area contributed by atoms with E-state index < -0.39 is 0 Å². The first-order chi connectivity index (χ1) is 3.83. The molecule has 0 heterocycles. The second kappa shape index (κ2) is 3.96. The summed E-state index contributed by atoms with van der Waals surface area (Å²) in [7, 11) is 0. The quantitative estimate of drug-likeness (QED) is 0.376. The first-order valence-corrected chi connectivity index (χ1v) is 3.24. The predicted octanol–water partition coefficient (Wildman–Crippen LogP) is 1.17. The van der Waals surface area contributed by atoms with Crippen molar-refractivity contribution < 1.29 is 0 Å². The van der Waals surface area contributed by atoms with E-state index in [1.807, 2.05) is 0 Å². The van der Waals surface area contributed by atoms with Crippen LogP contribution in [-0.2, 0) is 0 Å². The van der Waals surface area contributed by atoms with Crippen molar-refractivity contribution in [3.63, 3.8) is 0 Å². The molecule has 0 aliphatic heterocycles. The molecule has 2 nitrogen and oxygen atoms in total. The topological polar surface area (TPSA) is 38.4 Å². The van der Waals surface area contributed by atoms with Crippen LogP contribution in [0.2, 0.25) is 0 Å². The molecule has 54 valence electrons. The van der Waals surface area contributed by atoms with Crippen LogP contribution in [0, 0.1) is 0 Å². The Morgan fingerprint density at radius 1 is 1.67 bits per heavy atom. The maximum Gasteiger partial charge on any atom is 0.109 e. The van der Waals surface area contributed by atoms with Crippen molar-refractivity contribution in [3.05, 3.63) is 0 Å². The molecule has 0 unspecified atom stereocenters. The molecule has 1 fully saturated rings. The van der Waals surface area contributed by atoms with E-state index in [-0.39, 0.29) is 12.4 Å². The summed E-state index contributed by atoms with van der Waals surface area (Å²) in [5.41, 5.74) is 5.33. The van der Waals surface area contributed by atoms with Gasteiger partial charge in [0.15, 0.2) is 0 Å². The smallest absolute Gasteiger partial charge is 0.109 e. The Hall–Kier alpha value is 0.0500. The molecule has 2 N–H and O–H groups in total. The van der Waals surface area contributed by atoms with Gasteiger partial charge in [0.25, 0.3) is 0 Å². The van der Waals surface area contributed by atoms with E-state index in [1.54, 1.807) is 0 Å². The Kier molecular flexibility index (Phi) is 3.98. The molecule has 0 radical (unpaired) electrons. The Balaban J connectivity index is 0.000000640. The fourth-order valence-corrected chi connectivity index (χ4v) is 0.542. The highest BCUT2D eigenvalue weighted by Crippen LogP contribution is 2.23. The Morgan fingerprint density at radius 2 is 2.22 bits per heavy atom. The van der Waals surface area contributed by atoms with E-state index in [1.165, 1.54) is 12.8 Å². The highest BCUT2D eigenvalue weighted by Gasteiger charge is 2.19. The van der Waals surface area contributed by atoms with Crippen molar-refractivity contribution in [2.24, 2.45) is 10.7 Å². The van der Waals surface area contributed by atoms with Gasteiger partial charge in [-0.25, -0.2) is 0 Å². The SMILES string of the molecule is Cl.NC(CCl)=NC1CC1. The monoisotopic (exact) mass is 168 g/mol. The van der Waals surface area contributed by atoms with Crippen molar-refractivity contribution in [2.75, 3.05) is 5.88 Å². The van der Waals surface area contributed by atoms with Crippen LogP contribution in [-0.4, -0.2) is 17.8 Å². The average Bonchev–Trinajstić information content (AvgIpc) is 2.50. The van der Waals surface area contributed by atoms with Gasteiger partial charge in [0.2, 0.25) is 0 Å². The molecule has 0 aromatic heterocycles. The van der Waals surface area contributed by atoms with Gasteiger partial charge in [-0.15, -0.1) is 24.0 Å². The lowest BCUT2D eigenvalue weighted by atomic mass is 10.6. The van der Waals surface area contributed by atoms with Crippen LogP contribution in [0.4, 0.5) is 0 Å². The number of nitrogens with zero attached hydrogens (tertiary/aromatic N) is 1. The number of nitrogens with two attached hydrogens (primary N) is 1. The van der Waals surface area contributed by atoms with Gasteiger partial charge in [0.05, 0.1) is 11.9 Å². The summed E-state index contributed by atoms with van der Waals surface area (Å²) in [6, 6.07) is 0.508. The van der Waals surface area contributed by atoms with Gasteiger partial charge in [-0.1, -0.05) is 0 Å². The second-order valence-electron chi connectivity index (χ2n) is 1.99. The van der Waals surface area contributed by atoms with Crippen LogP contribution in [0.15, 0.2) is 4.99 Å². The van der Waals surface area contributed by atoms with Crippen LogP contribution >= 0.6 is 24.0 Å². The summed E-state index contributed by atoms with van der Waals surface area (Å²) in [5, 5.41) is 0. The normalized spacial score (nSPS) is 19.0. The first-order valence-electron chi connectivity index (χ1n) is 2.71. The van der Waals surface area contributed by atoms with Crippen molar-refractivity contribution in [1.29, 1.82) is 0 Å². The minimum Gasteiger partial charge on any atom is -0.386 e. The third kappa shape index (κ3) is 3.60. The van der Waals surface area contributed by atoms with Crippen LogP contribution in [0.25, 0.3) is 0 Å². The third-order valence-corrected chi connectivity index (χ3v) is 1.31. The molecule has 0 spiro atoms. The largest absolute Gasteiger partial charge is 0.386 e. The maximum atomic E-state index is 5.37. The number of amidine groups is 1. The highest BCUT2D eigenvalue weighted by atomic mass is 35.5. The molecule has 0 bridgehead atoms. The standard InChI is InChI=1S/C5H9ClN2.ClH/c6-3-5(7)8-4-1-2-4;/h4H,1-3H2,(H2,7,8);1H. The number of aliphatic imine (C=N–C) groups is 1. The van der Waals surface area contributed by atoms with Gasteiger partial charge in [-0.2, -0.15) is 0 Å². The third-order valence-electron chi connectivity index (χ3n) is 1.03. The molecule has 9 heavy (non-hydrogen) atoms. The number of rotatable bonds is 2. The Bertz CT molecular complexity index is 110. The number of halogens is 2. The van der Waals surface area contributed by atoms with E-state index in [9.17, 15) is 0 Å². The molecule has 0 atom stereocenters. The Morgan fingerprint density at radius 3 is 2.56 bits per heavy atom. The minimum atomic E-state index is 0. The van der Waals surface area contributed by atoms with E-state index >= 15 is 0 Å². The lowest BCUT2D eigenvalue weighted by molar-refractivity contribution is 1.06. The van der Waals surface area contributed by atoms with Crippen molar-refractivity contribution in [2.45, 2.75) is 18.9 Å². The van der Waals surface area contributed by atoms with Crippen molar-refractivity contribution in [3.8, 4) is 0 Å². The summed E-state index contributed by atoms with van der Waals surface area (Å²) in [5.74, 6) is 0.949. The zero-order valence-electron chi connectivity index (χ0n) is 5.01. The molecular formula is C5H10Cl2N2. The Labute approximate surface area is 65.9 Å². The van der Waals surface area contributed by atoms with Gasteiger partial charge >= 0.3 is 0 Å². The summed E-state index contributed by atoms with van der Waals surface area (Å²) in [4.78, 5) is 4.07.